The summed E-state index contributed by atoms with van der Waals surface area (Å²) in [5.41, 5.74) is 2.39. The third kappa shape index (κ3) is 1.62. The number of amides is 1. The molecule has 1 atom stereocenters. The topological polar surface area (TPSA) is 45.2 Å². The second-order valence-corrected chi connectivity index (χ2v) is 4.26. The Balaban J connectivity index is 2.04. The van der Waals surface area contributed by atoms with E-state index in [9.17, 15) is 4.79 Å². The van der Waals surface area contributed by atoms with Gasteiger partial charge in [-0.15, -0.1) is 0 Å². The van der Waals surface area contributed by atoms with Crippen molar-refractivity contribution in [2.45, 2.75) is 6.17 Å². The molecular weight excluding hydrogens is 226 g/mol. The van der Waals surface area contributed by atoms with Gasteiger partial charge in [0.2, 0.25) is 0 Å². The number of carbonyl (C=O) groups is 1. The Morgan fingerprint density at radius 1 is 1.17 bits per heavy atom. The molecule has 2 heterocycles. The van der Waals surface area contributed by atoms with Gasteiger partial charge in [0.25, 0.3) is 5.91 Å². The molecule has 1 N–H and O–H groups in total. The van der Waals surface area contributed by atoms with Crippen molar-refractivity contribution in [1.82, 2.24) is 9.88 Å². The Hall–Kier alpha value is -2.36. The minimum atomic E-state index is -0.214. The van der Waals surface area contributed by atoms with Crippen LogP contribution in [0.1, 0.15) is 22.2 Å². The molecule has 3 rings (SSSR count). The largest absolute Gasteiger partial charge is 0.359 e. The first-order valence-corrected chi connectivity index (χ1v) is 5.81. The van der Waals surface area contributed by atoms with Crippen molar-refractivity contribution in [2.24, 2.45) is 0 Å². The molecule has 2 aromatic rings. The number of fused-ring (bicyclic) bond motifs is 1. The van der Waals surface area contributed by atoms with E-state index in [1.807, 2.05) is 42.5 Å². The van der Waals surface area contributed by atoms with Crippen LogP contribution < -0.4 is 5.32 Å². The van der Waals surface area contributed by atoms with Crippen LogP contribution in [0.25, 0.3) is 0 Å². The van der Waals surface area contributed by atoms with Gasteiger partial charge < -0.3 is 10.2 Å². The van der Waals surface area contributed by atoms with Crippen LogP contribution in [-0.4, -0.2) is 22.8 Å². The lowest BCUT2D eigenvalue weighted by atomic mass is 10.1. The Kier molecular flexibility index (Phi) is 2.48. The average molecular weight is 239 g/mol. The number of hydrogen-bond acceptors (Lipinski definition) is 3. The zero-order chi connectivity index (χ0) is 12.5. The fourth-order valence-electron chi connectivity index (χ4n) is 2.16. The number of rotatable bonds is 1. The molecule has 4 nitrogen and oxygen atoms in total. The first-order valence-electron chi connectivity index (χ1n) is 5.81. The van der Waals surface area contributed by atoms with E-state index in [4.69, 9.17) is 0 Å². The highest BCUT2D eigenvalue weighted by atomic mass is 16.2. The van der Waals surface area contributed by atoms with E-state index in [1.165, 1.54) is 0 Å². The van der Waals surface area contributed by atoms with E-state index in [1.54, 1.807) is 18.1 Å². The molecule has 1 aromatic heterocycles. The van der Waals surface area contributed by atoms with Gasteiger partial charge in [0, 0.05) is 18.9 Å². The van der Waals surface area contributed by atoms with Crippen LogP contribution in [0.4, 0.5) is 5.69 Å². The highest BCUT2D eigenvalue weighted by Gasteiger charge is 2.30. The standard InChI is InChI=1S/C14H13N3O/c1-17-13(12-8-4-5-9-15-12)16-11-7-3-2-6-10(11)14(17)18/h2-9,13,16H,1H3/t13-/m1/s1. The van der Waals surface area contributed by atoms with Gasteiger partial charge in [-0.2, -0.15) is 0 Å². The van der Waals surface area contributed by atoms with Crippen LogP contribution >= 0.6 is 0 Å². The molecule has 1 amide bonds. The van der Waals surface area contributed by atoms with Gasteiger partial charge >= 0.3 is 0 Å². The Morgan fingerprint density at radius 2 is 1.94 bits per heavy atom. The SMILES string of the molecule is CN1C(=O)c2ccccc2N[C@H]1c1ccccn1. The monoisotopic (exact) mass is 239 g/mol. The number of pyridine rings is 1. The number of carbonyl (C=O) groups excluding carboxylic acids is 1. The summed E-state index contributed by atoms with van der Waals surface area (Å²) in [5, 5.41) is 3.34. The van der Waals surface area contributed by atoms with E-state index < -0.39 is 0 Å². The van der Waals surface area contributed by atoms with Crippen molar-refractivity contribution >= 4 is 11.6 Å². The summed E-state index contributed by atoms with van der Waals surface area (Å²) < 4.78 is 0. The number of benzene rings is 1. The van der Waals surface area contributed by atoms with Crippen molar-refractivity contribution in [3.05, 3.63) is 59.9 Å². The van der Waals surface area contributed by atoms with Crippen molar-refractivity contribution < 1.29 is 4.79 Å². The Morgan fingerprint density at radius 3 is 2.72 bits per heavy atom. The summed E-state index contributed by atoms with van der Waals surface area (Å²) in [7, 11) is 1.78. The van der Waals surface area contributed by atoms with Crippen molar-refractivity contribution in [2.75, 3.05) is 12.4 Å². The molecule has 0 unspecified atom stereocenters. The van der Waals surface area contributed by atoms with Crippen LogP contribution in [0, 0.1) is 0 Å². The van der Waals surface area contributed by atoms with E-state index >= 15 is 0 Å². The van der Waals surface area contributed by atoms with Crippen LogP contribution in [0.3, 0.4) is 0 Å². The molecule has 0 bridgehead atoms. The summed E-state index contributed by atoms with van der Waals surface area (Å²) in [5.74, 6) is 0.0139. The quantitative estimate of drug-likeness (QED) is 0.830. The van der Waals surface area contributed by atoms with Crippen LogP contribution in [0.15, 0.2) is 48.7 Å². The molecule has 0 spiro atoms. The van der Waals surface area contributed by atoms with Crippen LogP contribution in [-0.2, 0) is 0 Å². The minimum absolute atomic E-state index is 0.0139. The molecular formula is C14H13N3O. The lowest BCUT2D eigenvalue weighted by molar-refractivity contribution is 0.0732. The van der Waals surface area contributed by atoms with Crippen molar-refractivity contribution in [1.29, 1.82) is 0 Å². The third-order valence-electron chi connectivity index (χ3n) is 3.13. The van der Waals surface area contributed by atoms with E-state index in [2.05, 4.69) is 10.3 Å². The smallest absolute Gasteiger partial charge is 0.257 e. The number of aromatic nitrogens is 1. The number of para-hydroxylation sites is 1. The lowest BCUT2D eigenvalue weighted by Gasteiger charge is -2.34. The van der Waals surface area contributed by atoms with Gasteiger partial charge in [-0.05, 0) is 24.3 Å². The molecule has 1 aromatic carbocycles. The molecule has 0 fully saturated rings. The molecule has 0 saturated carbocycles. The van der Waals surface area contributed by atoms with Gasteiger partial charge in [0.15, 0.2) is 0 Å². The Bertz CT molecular complexity index is 583. The summed E-state index contributed by atoms with van der Waals surface area (Å²) in [6.07, 6.45) is 1.52. The number of nitrogens with zero attached hydrogens (tertiary/aromatic N) is 2. The summed E-state index contributed by atoms with van der Waals surface area (Å²) in [4.78, 5) is 18.2. The lowest BCUT2D eigenvalue weighted by Crippen LogP contribution is -2.40. The number of nitrogens with one attached hydrogen (secondary N) is 1. The molecule has 0 aliphatic carbocycles. The minimum Gasteiger partial charge on any atom is -0.359 e. The second-order valence-electron chi connectivity index (χ2n) is 4.26. The molecule has 1 aliphatic heterocycles. The molecule has 0 radical (unpaired) electrons. The van der Waals surface area contributed by atoms with Gasteiger partial charge in [-0.1, -0.05) is 18.2 Å². The predicted molar refractivity (Wildman–Crippen MR) is 69.1 cm³/mol. The molecule has 0 saturated heterocycles. The van der Waals surface area contributed by atoms with Gasteiger partial charge in [-0.3, -0.25) is 9.78 Å². The Labute approximate surface area is 105 Å². The van der Waals surface area contributed by atoms with Crippen molar-refractivity contribution in [3.8, 4) is 0 Å². The van der Waals surface area contributed by atoms with Gasteiger partial charge in [-0.25, -0.2) is 0 Å². The zero-order valence-electron chi connectivity index (χ0n) is 10.00. The van der Waals surface area contributed by atoms with Gasteiger partial charge in [0.1, 0.15) is 6.17 Å². The first kappa shape index (κ1) is 10.8. The maximum absolute atomic E-state index is 12.3. The number of hydrogen-bond donors (Lipinski definition) is 1. The fourth-order valence-corrected chi connectivity index (χ4v) is 2.16. The predicted octanol–water partition coefficient (Wildman–Crippen LogP) is 2.28. The molecule has 1 aliphatic rings. The molecule has 18 heavy (non-hydrogen) atoms. The van der Waals surface area contributed by atoms with Crippen LogP contribution in [0.5, 0.6) is 0 Å². The first-order chi connectivity index (χ1) is 8.77. The maximum atomic E-state index is 12.3. The second kappa shape index (κ2) is 4.14. The zero-order valence-corrected chi connectivity index (χ0v) is 10.00. The fraction of sp³-hybridized carbons (Fsp3) is 0.143. The summed E-state index contributed by atoms with van der Waals surface area (Å²) in [6, 6.07) is 13.2. The average Bonchev–Trinajstić information content (AvgIpc) is 2.44. The van der Waals surface area contributed by atoms with Gasteiger partial charge in [0.05, 0.1) is 11.3 Å². The highest BCUT2D eigenvalue weighted by Crippen LogP contribution is 2.30. The molecule has 4 heteroatoms. The van der Waals surface area contributed by atoms with Crippen LogP contribution in [0.2, 0.25) is 0 Å². The van der Waals surface area contributed by atoms with E-state index in [0.717, 1.165) is 11.4 Å². The summed E-state index contributed by atoms with van der Waals surface area (Å²) in [6.45, 7) is 0. The van der Waals surface area contributed by atoms with Crippen molar-refractivity contribution in [3.63, 3.8) is 0 Å². The third-order valence-corrected chi connectivity index (χ3v) is 3.13. The van der Waals surface area contributed by atoms with E-state index in [0.29, 0.717) is 5.56 Å². The molecule has 90 valence electrons. The normalized spacial score (nSPS) is 18.2. The van der Waals surface area contributed by atoms with E-state index in [-0.39, 0.29) is 12.1 Å². The maximum Gasteiger partial charge on any atom is 0.257 e. The number of anilines is 1. The highest BCUT2D eigenvalue weighted by molar-refractivity contribution is 6.01. The summed E-state index contributed by atoms with van der Waals surface area (Å²) >= 11 is 0.